The first kappa shape index (κ1) is 24.5. The molecule has 0 radical (unpaired) electrons. The lowest BCUT2D eigenvalue weighted by Crippen LogP contribution is -2.43. The topological polar surface area (TPSA) is 87.7 Å². The summed E-state index contributed by atoms with van der Waals surface area (Å²) in [5.41, 5.74) is 3.85. The minimum atomic E-state index is 0.541. The van der Waals surface area contributed by atoms with Crippen molar-refractivity contribution in [1.82, 2.24) is 25.2 Å². The Morgan fingerprint density at radius 3 is 2.63 bits per heavy atom. The van der Waals surface area contributed by atoms with Gasteiger partial charge in [0, 0.05) is 63.0 Å². The third kappa shape index (κ3) is 5.85. The molecule has 2 saturated heterocycles. The Bertz CT molecular complexity index is 1350. The zero-order chi connectivity index (χ0) is 25.6. The number of hydrogen-bond acceptors (Lipinski definition) is 9. The highest BCUT2D eigenvalue weighted by Crippen LogP contribution is 2.30. The molecule has 9 heteroatoms. The molecular formula is C29H33N7O2. The zero-order valence-corrected chi connectivity index (χ0v) is 21.5. The van der Waals surface area contributed by atoms with Gasteiger partial charge in [0.15, 0.2) is 0 Å². The van der Waals surface area contributed by atoms with Gasteiger partial charge in [-0.25, -0.2) is 15.0 Å². The van der Waals surface area contributed by atoms with Gasteiger partial charge >= 0.3 is 0 Å². The van der Waals surface area contributed by atoms with Gasteiger partial charge in [-0.2, -0.15) is 0 Å². The van der Waals surface area contributed by atoms with E-state index in [0.29, 0.717) is 12.6 Å². The summed E-state index contributed by atoms with van der Waals surface area (Å²) in [5, 5.41) is 7.68. The quantitative estimate of drug-likeness (QED) is 0.369. The minimum absolute atomic E-state index is 0.541. The van der Waals surface area contributed by atoms with E-state index in [2.05, 4.69) is 48.6 Å². The number of piperazine rings is 1. The van der Waals surface area contributed by atoms with Crippen LogP contribution in [0.2, 0.25) is 0 Å². The first-order valence-corrected chi connectivity index (χ1v) is 13.3. The van der Waals surface area contributed by atoms with Crippen molar-refractivity contribution in [3.05, 3.63) is 67.0 Å². The van der Waals surface area contributed by atoms with Crippen molar-refractivity contribution in [2.24, 2.45) is 0 Å². The van der Waals surface area contributed by atoms with Gasteiger partial charge < -0.3 is 25.0 Å². The monoisotopic (exact) mass is 511 g/mol. The van der Waals surface area contributed by atoms with E-state index in [1.165, 1.54) is 0 Å². The van der Waals surface area contributed by atoms with E-state index in [1.54, 1.807) is 0 Å². The van der Waals surface area contributed by atoms with Crippen molar-refractivity contribution >= 4 is 28.4 Å². The summed E-state index contributed by atoms with van der Waals surface area (Å²) in [6.45, 7) is 8.98. The summed E-state index contributed by atoms with van der Waals surface area (Å²) in [7, 11) is 0. The van der Waals surface area contributed by atoms with Crippen molar-refractivity contribution in [3.8, 4) is 16.9 Å². The summed E-state index contributed by atoms with van der Waals surface area (Å²) in [4.78, 5) is 18.7. The predicted molar refractivity (Wildman–Crippen MR) is 150 cm³/mol. The van der Waals surface area contributed by atoms with Crippen LogP contribution in [-0.4, -0.2) is 85.5 Å². The summed E-state index contributed by atoms with van der Waals surface area (Å²) >= 11 is 0. The number of morpholine rings is 1. The molecule has 38 heavy (non-hydrogen) atoms. The lowest BCUT2D eigenvalue weighted by molar-refractivity contribution is 0.0322. The van der Waals surface area contributed by atoms with Crippen molar-refractivity contribution < 1.29 is 9.47 Å². The third-order valence-corrected chi connectivity index (χ3v) is 6.98. The number of para-hydroxylation sites is 1. The molecule has 0 atom stereocenters. The number of benzene rings is 2. The molecule has 0 amide bonds. The highest BCUT2D eigenvalue weighted by atomic mass is 16.5. The van der Waals surface area contributed by atoms with Crippen LogP contribution in [0.3, 0.4) is 0 Å². The van der Waals surface area contributed by atoms with Gasteiger partial charge in [0.2, 0.25) is 5.95 Å². The maximum atomic E-state index is 6.10. The fraction of sp³-hybridized carbons (Fsp3) is 0.345. The second-order valence-electron chi connectivity index (χ2n) is 9.53. The van der Waals surface area contributed by atoms with E-state index in [4.69, 9.17) is 14.5 Å². The average molecular weight is 512 g/mol. The zero-order valence-electron chi connectivity index (χ0n) is 21.5. The molecule has 2 aliphatic rings. The SMILES string of the molecule is c1cc(OCCN2CCOCC2)cc(-c2cccc3cnc(Nc4ccc(N5CCNCC5)nc4)nc23)c1. The standard InChI is InChI=1S/C29H33N7O2/c1-3-22(19-25(5-1)38-18-15-35-13-16-37-17-14-35)26-6-2-4-23-20-32-29(34-28(23)26)33-24-7-8-27(31-21-24)36-11-9-30-10-12-36/h1-8,19-21,30H,9-18H2,(H,32,33,34). The van der Waals surface area contributed by atoms with Gasteiger partial charge in [0.05, 0.1) is 30.6 Å². The second-order valence-corrected chi connectivity index (χ2v) is 9.53. The molecule has 0 unspecified atom stereocenters. The normalized spacial score (nSPS) is 16.5. The Balaban J connectivity index is 1.17. The molecule has 0 spiro atoms. The van der Waals surface area contributed by atoms with Crippen LogP contribution in [0.1, 0.15) is 0 Å². The smallest absolute Gasteiger partial charge is 0.227 e. The number of hydrogen-bond donors (Lipinski definition) is 2. The number of ether oxygens (including phenoxy) is 2. The van der Waals surface area contributed by atoms with Gasteiger partial charge in [0.1, 0.15) is 18.2 Å². The summed E-state index contributed by atoms with van der Waals surface area (Å²) in [6, 6.07) is 18.5. The first-order valence-electron chi connectivity index (χ1n) is 13.3. The highest BCUT2D eigenvalue weighted by molar-refractivity contribution is 5.94. The van der Waals surface area contributed by atoms with E-state index in [0.717, 1.165) is 98.3 Å². The van der Waals surface area contributed by atoms with Gasteiger partial charge in [-0.3, -0.25) is 4.90 Å². The van der Waals surface area contributed by atoms with Crippen molar-refractivity contribution in [3.63, 3.8) is 0 Å². The van der Waals surface area contributed by atoms with Gasteiger partial charge in [-0.05, 0) is 29.8 Å². The summed E-state index contributed by atoms with van der Waals surface area (Å²) in [6.07, 6.45) is 3.70. The van der Waals surface area contributed by atoms with Crippen LogP contribution < -0.4 is 20.3 Å². The van der Waals surface area contributed by atoms with Crippen LogP contribution in [-0.2, 0) is 4.74 Å². The molecule has 4 aromatic rings. The summed E-state index contributed by atoms with van der Waals surface area (Å²) < 4.78 is 11.5. The van der Waals surface area contributed by atoms with Crippen LogP contribution in [0.4, 0.5) is 17.5 Å². The molecule has 2 N–H and O–H groups in total. The van der Waals surface area contributed by atoms with E-state index < -0.39 is 0 Å². The number of nitrogens with zero attached hydrogens (tertiary/aromatic N) is 5. The number of pyridine rings is 1. The van der Waals surface area contributed by atoms with E-state index in [1.807, 2.05) is 48.8 Å². The number of rotatable bonds is 8. The Kier molecular flexibility index (Phi) is 7.57. The van der Waals surface area contributed by atoms with Crippen LogP contribution in [0.15, 0.2) is 67.0 Å². The molecule has 2 aromatic heterocycles. The number of anilines is 3. The maximum Gasteiger partial charge on any atom is 0.227 e. The van der Waals surface area contributed by atoms with Crippen LogP contribution in [0.5, 0.6) is 5.75 Å². The Labute approximate surface area is 222 Å². The van der Waals surface area contributed by atoms with E-state index in [-0.39, 0.29) is 0 Å². The molecule has 2 aromatic carbocycles. The molecule has 0 bridgehead atoms. The van der Waals surface area contributed by atoms with Crippen LogP contribution in [0.25, 0.3) is 22.0 Å². The van der Waals surface area contributed by atoms with Gasteiger partial charge in [-0.1, -0.05) is 30.3 Å². The second kappa shape index (κ2) is 11.7. The lowest BCUT2D eigenvalue weighted by atomic mass is 10.0. The molecule has 2 fully saturated rings. The highest BCUT2D eigenvalue weighted by Gasteiger charge is 2.13. The fourth-order valence-electron chi connectivity index (χ4n) is 4.89. The van der Waals surface area contributed by atoms with Crippen molar-refractivity contribution in [2.75, 3.05) is 75.9 Å². The largest absolute Gasteiger partial charge is 0.492 e. The predicted octanol–water partition coefficient (Wildman–Crippen LogP) is 3.56. The van der Waals surface area contributed by atoms with Crippen LogP contribution in [0, 0.1) is 0 Å². The molecule has 9 nitrogen and oxygen atoms in total. The molecule has 196 valence electrons. The van der Waals surface area contributed by atoms with Crippen molar-refractivity contribution in [2.45, 2.75) is 0 Å². The van der Waals surface area contributed by atoms with Crippen molar-refractivity contribution in [1.29, 1.82) is 0 Å². The van der Waals surface area contributed by atoms with E-state index in [9.17, 15) is 0 Å². The molecule has 4 heterocycles. The lowest BCUT2D eigenvalue weighted by Gasteiger charge is -2.28. The fourth-order valence-corrected chi connectivity index (χ4v) is 4.89. The number of aromatic nitrogens is 3. The van der Waals surface area contributed by atoms with Gasteiger partial charge in [0.25, 0.3) is 0 Å². The van der Waals surface area contributed by atoms with E-state index >= 15 is 0 Å². The Morgan fingerprint density at radius 2 is 1.79 bits per heavy atom. The Hall–Kier alpha value is -3.79. The minimum Gasteiger partial charge on any atom is -0.492 e. The first-order chi connectivity index (χ1) is 18.8. The molecular weight excluding hydrogens is 478 g/mol. The number of fused-ring (bicyclic) bond motifs is 1. The maximum absolute atomic E-state index is 6.10. The summed E-state index contributed by atoms with van der Waals surface area (Å²) in [5.74, 6) is 2.39. The molecule has 2 aliphatic heterocycles. The van der Waals surface area contributed by atoms with Gasteiger partial charge in [-0.15, -0.1) is 0 Å². The third-order valence-electron chi connectivity index (χ3n) is 6.98. The number of nitrogens with one attached hydrogen (secondary N) is 2. The average Bonchev–Trinajstić information content (AvgIpc) is 2.98. The molecule has 0 saturated carbocycles. The molecule has 6 rings (SSSR count). The molecule has 0 aliphatic carbocycles. The van der Waals surface area contributed by atoms with Crippen LogP contribution >= 0.6 is 0 Å². The Morgan fingerprint density at radius 1 is 0.921 bits per heavy atom.